The molecule has 6 heteroatoms. The lowest BCUT2D eigenvalue weighted by Crippen LogP contribution is -2.33. The Labute approximate surface area is 127 Å². The van der Waals surface area contributed by atoms with E-state index in [-0.39, 0.29) is 5.91 Å². The van der Waals surface area contributed by atoms with Gasteiger partial charge in [0.2, 0.25) is 0 Å². The number of amides is 1. The van der Waals surface area contributed by atoms with Crippen molar-refractivity contribution in [3.05, 3.63) is 39.9 Å². The quantitative estimate of drug-likeness (QED) is 0.789. The summed E-state index contributed by atoms with van der Waals surface area (Å²) in [6.45, 7) is 1.61. The molecule has 0 N–H and O–H groups in total. The third kappa shape index (κ3) is 3.51. The Bertz CT molecular complexity index is 590. The van der Waals surface area contributed by atoms with Gasteiger partial charge in [0.25, 0.3) is 5.91 Å². The monoisotopic (exact) mass is 306 g/mol. The molecule has 1 aliphatic carbocycles. The summed E-state index contributed by atoms with van der Waals surface area (Å²) in [6, 6.07) is 3.81. The molecular weight excluding hydrogens is 288 g/mol. The molecule has 3 rings (SSSR count). The van der Waals surface area contributed by atoms with Crippen LogP contribution in [0.4, 0.5) is 0 Å². The van der Waals surface area contributed by atoms with Crippen LogP contribution < -0.4 is 0 Å². The largest absolute Gasteiger partial charge is 0.383 e. The molecule has 1 saturated carbocycles. The number of hydrogen-bond donors (Lipinski definition) is 0. The van der Waals surface area contributed by atoms with Crippen molar-refractivity contribution in [3.8, 4) is 0 Å². The van der Waals surface area contributed by atoms with Crippen LogP contribution in [0.5, 0.6) is 0 Å². The highest BCUT2D eigenvalue weighted by molar-refractivity contribution is 7.07. The number of thiophene rings is 1. The standard InChI is InChI=1S/C15H18N2O3S/c1-19-6-5-17(9-11-4-7-21-10-11)15(18)13-8-14(20-16-13)12-2-3-12/h4,7-8,10,12H,2-3,5-6,9H2,1H3. The van der Waals surface area contributed by atoms with Gasteiger partial charge in [-0.05, 0) is 35.2 Å². The van der Waals surface area contributed by atoms with Gasteiger partial charge < -0.3 is 14.2 Å². The maximum absolute atomic E-state index is 12.6. The van der Waals surface area contributed by atoms with Crippen molar-refractivity contribution in [1.29, 1.82) is 0 Å². The second kappa shape index (κ2) is 6.41. The summed E-state index contributed by atoms with van der Waals surface area (Å²) in [4.78, 5) is 14.3. The molecule has 2 heterocycles. The lowest BCUT2D eigenvalue weighted by Gasteiger charge is -2.20. The Morgan fingerprint density at radius 2 is 2.43 bits per heavy atom. The molecule has 1 fully saturated rings. The average molecular weight is 306 g/mol. The van der Waals surface area contributed by atoms with Gasteiger partial charge in [-0.25, -0.2) is 0 Å². The highest BCUT2D eigenvalue weighted by atomic mass is 32.1. The molecule has 2 aromatic rings. The number of carbonyl (C=O) groups excluding carboxylic acids is 1. The van der Waals surface area contributed by atoms with Gasteiger partial charge in [-0.2, -0.15) is 11.3 Å². The topological polar surface area (TPSA) is 55.6 Å². The number of carbonyl (C=O) groups is 1. The van der Waals surface area contributed by atoms with E-state index in [4.69, 9.17) is 9.26 Å². The van der Waals surface area contributed by atoms with Crippen LogP contribution >= 0.6 is 11.3 Å². The molecule has 1 aliphatic rings. The second-order valence-electron chi connectivity index (χ2n) is 5.24. The van der Waals surface area contributed by atoms with E-state index >= 15 is 0 Å². The molecule has 1 amide bonds. The number of rotatable bonds is 7. The first-order valence-corrected chi connectivity index (χ1v) is 7.98. The zero-order chi connectivity index (χ0) is 14.7. The number of methoxy groups -OCH3 is 1. The third-order valence-corrected chi connectivity index (χ3v) is 4.27. The second-order valence-corrected chi connectivity index (χ2v) is 6.02. The van der Waals surface area contributed by atoms with E-state index in [0.717, 1.165) is 24.2 Å². The molecule has 0 atom stereocenters. The lowest BCUT2D eigenvalue weighted by molar-refractivity contribution is 0.0670. The van der Waals surface area contributed by atoms with Crippen molar-refractivity contribution in [3.63, 3.8) is 0 Å². The van der Waals surface area contributed by atoms with Crippen LogP contribution in [-0.4, -0.2) is 36.2 Å². The molecule has 0 aliphatic heterocycles. The fraction of sp³-hybridized carbons (Fsp3) is 0.467. The van der Waals surface area contributed by atoms with Crippen molar-refractivity contribution in [2.45, 2.75) is 25.3 Å². The molecule has 0 radical (unpaired) electrons. The van der Waals surface area contributed by atoms with Crippen molar-refractivity contribution in [2.75, 3.05) is 20.3 Å². The zero-order valence-corrected chi connectivity index (χ0v) is 12.8. The van der Waals surface area contributed by atoms with Crippen molar-refractivity contribution in [1.82, 2.24) is 10.1 Å². The Balaban J connectivity index is 1.71. The van der Waals surface area contributed by atoms with Gasteiger partial charge in [0.1, 0.15) is 5.76 Å². The maximum atomic E-state index is 12.6. The molecule has 0 bridgehead atoms. The van der Waals surface area contributed by atoms with Gasteiger partial charge in [0.05, 0.1) is 6.61 Å². The Kier molecular flexibility index (Phi) is 4.36. The van der Waals surface area contributed by atoms with E-state index in [9.17, 15) is 4.79 Å². The Hall–Kier alpha value is -1.66. The predicted molar refractivity (Wildman–Crippen MR) is 79.4 cm³/mol. The van der Waals surface area contributed by atoms with Crippen LogP contribution in [0.25, 0.3) is 0 Å². The summed E-state index contributed by atoms with van der Waals surface area (Å²) >= 11 is 1.63. The van der Waals surface area contributed by atoms with E-state index in [2.05, 4.69) is 5.16 Å². The van der Waals surface area contributed by atoms with E-state index in [1.807, 2.05) is 16.8 Å². The number of hydrogen-bond acceptors (Lipinski definition) is 5. The van der Waals surface area contributed by atoms with Crippen LogP contribution in [0, 0.1) is 0 Å². The summed E-state index contributed by atoms with van der Waals surface area (Å²) in [5, 5.41) is 7.99. The van der Waals surface area contributed by atoms with Crippen LogP contribution in [0.1, 0.15) is 40.6 Å². The molecule has 0 aromatic carbocycles. The van der Waals surface area contributed by atoms with Crippen LogP contribution in [0.15, 0.2) is 27.4 Å². The third-order valence-electron chi connectivity index (χ3n) is 3.53. The van der Waals surface area contributed by atoms with Gasteiger partial charge in [-0.15, -0.1) is 0 Å². The van der Waals surface area contributed by atoms with Gasteiger partial charge in [-0.3, -0.25) is 4.79 Å². The lowest BCUT2D eigenvalue weighted by atomic mass is 10.2. The van der Waals surface area contributed by atoms with Crippen LogP contribution in [0.2, 0.25) is 0 Å². The van der Waals surface area contributed by atoms with E-state index < -0.39 is 0 Å². The summed E-state index contributed by atoms with van der Waals surface area (Å²) in [5.74, 6) is 1.19. The van der Waals surface area contributed by atoms with Gasteiger partial charge in [0.15, 0.2) is 5.69 Å². The smallest absolute Gasteiger partial charge is 0.276 e. The first-order chi connectivity index (χ1) is 10.3. The van der Waals surface area contributed by atoms with Crippen LogP contribution in [-0.2, 0) is 11.3 Å². The molecule has 5 nitrogen and oxygen atoms in total. The molecule has 2 aromatic heterocycles. The minimum absolute atomic E-state index is 0.103. The molecule has 0 saturated heterocycles. The van der Waals surface area contributed by atoms with Crippen molar-refractivity contribution in [2.24, 2.45) is 0 Å². The molecule has 21 heavy (non-hydrogen) atoms. The minimum Gasteiger partial charge on any atom is -0.383 e. The van der Waals surface area contributed by atoms with Gasteiger partial charge in [0, 0.05) is 32.2 Å². The molecular formula is C15H18N2O3S. The van der Waals surface area contributed by atoms with Crippen LogP contribution in [0.3, 0.4) is 0 Å². The number of nitrogens with zero attached hydrogens (tertiary/aromatic N) is 2. The number of aromatic nitrogens is 1. The summed E-state index contributed by atoms with van der Waals surface area (Å²) in [6.07, 6.45) is 2.26. The normalized spacial score (nSPS) is 14.3. The summed E-state index contributed by atoms with van der Waals surface area (Å²) in [7, 11) is 1.63. The molecule has 0 spiro atoms. The summed E-state index contributed by atoms with van der Waals surface area (Å²) in [5.41, 5.74) is 1.51. The van der Waals surface area contributed by atoms with E-state index in [1.165, 1.54) is 0 Å². The Morgan fingerprint density at radius 1 is 1.57 bits per heavy atom. The molecule has 0 unspecified atom stereocenters. The highest BCUT2D eigenvalue weighted by Gasteiger charge is 2.29. The minimum atomic E-state index is -0.103. The average Bonchev–Trinajstić information content (AvgIpc) is 3.03. The predicted octanol–water partition coefficient (Wildman–Crippen LogP) is 2.90. The maximum Gasteiger partial charge on any atom is 0.276 e. The van der Waals surface area contributed by atoms with Crippen molar-refractivity contribution >= 4 is 17.2 Å². The van der Waals surface area contributed by atoms with Crippen molar-refractivity contribution < 1.29 is 14.1 Å². The molecule has 112 valence electrons. The van der Waals surface area contributed by atoms with Gasteiger partial charge >= 0.3 is 0 Å². The number of ether oxygens (including phenoxy) is 1. The highest BCUT2D eigenvalue weighted by Crippen LogP contribution is 2.40. The SMILES string of the molecule is COCCN(Cc1ccsc1)C(=O)c1cc(C2CC2)on1. The first kappa shape index (κ1) is 14.3. The van der Waals surface area contributed by atoms with Gasteiger partial charge in [-0.1, -0.05) is 5.16 Å². The fourth-order valence-corrected chi connectivity index (χ4v) is 2.83. The fourth-order valence-electron chi connectivity index (χ4n) is 2.17. The summed E-state index contributed by atoms with van der Waals surface area (Å²) < 4.78 is 10.4. The van der Waals surface area contributed by atoms with E-state index in [1.54, 1.807) is 29.4 Å². The van der Waals surface area contributed by atoms with E-state index in [0.29, 0.717) is 31.3 Å². The zero-order valence-electron chi connectivity index (χ0n) is 11.9. The Morgan fingerprint density at radius 3 is 3.10 bits per heavy atom. The first-order valence-electron chi connectivity index (χ1n) is 7.04.